The van der Waals surface area contributed by atoms with Gasteiger partial charge in [-0.2, -0.15) is 9.78 Å². The van der Waals surface area contributed by atoms with Gasteiger partial charge in [0.05, 0.1) is 24.2 Å². The van der Waals surface area contributed by atoms with Gasteiger partial charge in [0.15, 0.2) is 18.1 Å². The number of halogens is 2. The third kappa shape index (κ3) is 6.66. The van der Waals surface area contributed by atoms with Gasteiger partial charge >= 0.3 is 0 Å². The number of hydrogen-bond donors (Lipinski definition) is 1. The number of aromatic nitrogens is 2. The first kappa shape index (κ1) is 28.3. The summed E-state index contributed by atoms with van der Waals surface area (Å²) in [7, 11) is 1.47. The maximum Gasteiger partial charge on any atom is 0.282 e. The molecule has 0 radical (unpaired) electrons. The highest BCUT2D eigenvalue weighted by atomic mass is 79.9. The lowest BCUT2D eigenvalue weighted by atomic mass is 9.95. The number of fused-ring (bicyclic) bond motifs is 1. The molecule has 0 saturated carbocycles. The van der Waals surface area contributed by atoms with Gasteiger partial charge < -0.3 is 14.8 Å². The molecular weight excluding hydrogens is 584 g/mol. The molecule has 8 nitrogen and oxygen atoms in total. The second-order valence-corrected chi connectivity index (χ2v) is 11.3. The van der Waals surface area contributed by atoms with Crippen LogP contribution in [-0.2, 0) is 10.2 Å². The van der Waals surface area contributed by atoms with Crippen molar-refractivity contribution in [2.75, 3.05) is 19.0 Å². The first-order chi connectivity index (χ1) is 18.5. The van der Waals surface area contributed by atoms with Gasteiger partial charge in [-0.3, -0.25) is 9.59 Å². The quantitative estimate of drug-likeness (QED) is 0.247. The van der Waals surface area contributed by atoms with Crippen LogP contribution in [-0.4, -0.2) is 35.5 Å². The van der Waals surface area contributed by atoms with E-state index >= 15 is 0 Å². The topological polar surface area (TPSA) is 94.8 Å². The van der Waals surface area contributed by atoms with Crippen LogP contribution in [0.15, 0.2) is 69.0 Å². The van der Waals surface area contributed by atoms with Crippen molar-refractivity contribution in [2.45, 2.75) is 33.1 Å². The zero-order valence-electron chi connectivity index (χ0n) is 22.2. The summed E-state index contributed by atoms with van der Waals surface area (Å²) in [6, 6.07) is 16.0. The van der Waals surface area contributed by atoms with Crippen molar-refractivity contribution in [1.82, 2.24) is 9.66 Å². The summed E-state index contributed by atoms with van der Waals surface area (Å²) in [5, 5.41) is 8.09. The lowest BCUT2D eigenvalue weighted by Crippen LogP contribution is -2.29. The Balaban J connectivity index is 1.71. The summed E-state index contributed by atoms with van der Waals surface area (Å²) in [5.41, 5.74) is 1.93. The number of methoxy groups -OCH3 is 1. The predicted octanol–water partition coefficient (Wildman–Crippen LogP) is 6.33. The van der Waals surface area contributed by atoms with Gasteiger partial charge in [-0.05, 0) is 43.3 Å². The second kappa shape index (κ2) is 11.6. The van der Waals surface area contributed by atoms with Crippen LogP contribution in [0.1, 0.15) is 37.7 Å². The van der Waals surface area contributed by atoms with Gasteiger partial charge in [0, 0.05) is 32.2 Å². The van der Waals surface area contributed by atoms with Crippen molar-refractivity contribution in [3.8, 4) is 11.5 Å². The number of nitrogens with one attached hydrogen (secondary N) is 1. The van der Waals surface area contributed by atoms with E-state index in [9.17, 15) is 9.59 Å². The van der Waals surface area contributed by atoms with Gasteiger partial charge in [0.1, 0.15) is 5.82 Å². The summed E-state index contributed by atoms with van der Waals surface area (Å²) < 4.78 is 13.4. The third-order valence-electron chi connectivity index (χ3n) is 5.74. The maximum absolute atomic E-state index is 13.5. The van der Waals surface area contributed by atoms with E-state index in [0.717, 1.165) is 10.0 Å². The van der Waals surface area contributed by atoms with Gasteiger partial charge in [-0.15, -0.1) is 0 Å². The van der Waals surface area contributed by atoms with E-state index in [0.29, 0.717) is 38.8 Å². The number of rotatable bonds is 7. The van der Waals surface area contributed by atoms with Gasteiger partial charge in [-0.25, -0.2) is 4.98 Å². The molecule has 1 N–H and O–H groups in total. The monoisotopic (exact) mass is 610 g/mol. The zero-order chi connectivity index (χ0) is 28.3. The molecule has 3 aromatic carbocycles. The van der Waals surface area contributed by atoms with Crippen molar-refractivity contribution in [2.24, 2.45) is 5.10 Å². The highest BCUT2D eigenvalue weighted by molar-refractivity contribution is 9.10. The Bertz CT molecular complexity index is 1630. The average molecular weight is 612 g/mol. The summed E-state index contributed by atoms with van der Waals surface area (Å²) in [5.74, 6) is 0.699. The Kier molecular flexibility index (Phi) is 8.42. The molecule has 0 spiro atoms. The molecule has 1 heterocycles. The lowest BCUT2D eigenvalue weighted by molar-refractivity contribution is -0.118. The van der Waals surface area contributed by atoms with Crippen molar-refractivity contribution < 1.29 is 14.3 Å². The highest BCUT2D eigenvalue weighted by Gasteiger charge is 2.23. The fraction of sp³-hybridized carbons (Fsp3) is 0.241. The van der Waals surface area contributed by atoms with Crippen LogP contribution in [0.2, 0.25) is 5.02 Å². The number of ether oxygens (including phenoxy) is 2. The molecule has 10 heteroatoms. The Morgan fingerprint density at radius 2 is 1.87 bits per heavy atom. The molecule has 0 saturated heterocycles. The largest absolute Gasteiger partial charge is 0.493 e. The van der Waals surface area contributed by atoms with Crippen LogP contribution < -0.4 is 20.3 Å². The molecule has 0 aliphatic heterocycles. The number of carbonyl (C=O) groups excluding carboxylic acids is 1. The van der Waals surface area contributed by atoms with Crippen molar-refractivity contribution >= 4 is 56.2 Å². The SMILES string of the molecule is COc1cc(Cl)cc(C=Nn2c(C(C)(C)C)nc3ccc(Br)cc3c2=O)c1OCC(=O)Nc1ccc(C)cc1. The first-order valence-electron chi connectivity index (χ1n) is 12.1. The molecule has 4 aromatic rings. The average Bonchev–Trinajstić information content (AvgIpc) is 2.88. The standard InChI is InChI=1S/C29H28BrClN4O4/c1-17-6-9-21(10-7-17)33-25(36)16-39-26-18(12-20(31)14-24(26)38-5)15-32-35-27(37)22-13-19(30)8-11-23(22)34-28(35)29(2,3)4/h6-15H,16H2,1-5H3,(H,33,36). The minimum absolute atomic E-state index is 0.256. The van der Waals surface area contributed by atoms with Crippen LogP contribution in [0.3, 0.4) is 0 Å². The van der Waals surface area contributed by atoms with Crippen molar-refractivity contribution in [1.29, 1.82) is 0 Å². The molecule has 202 valence electrons. The highest BCUT2D eigenvalue weighted by Crippen LogP contribution is 2.34. The molecule has 0 unspecified atom stereocenters. The number of amides is 1. The van der Waals surface area contributed by atoms with E-state index < -0.39 is 5.41 Å². The van der Waals surface area contributed by atoms with E-state index in [4.69, 9.17) is 26.1 Å². The number of anilines is 1. The van der Waals surface area contributed by atoms with E-state index in [2.05, 4.69) is 26.3 Å². The fourth-order valence-corrected chi connectivity index (χ4v) is 4.40. The Hall–Kier alpha value is -3.69. The van der Waals surface area contributed by atoms with E-state index in [-0.39, 0.29) is 23.8 Å². The number of carbonyl (C=O) groups is 1. The molecular formula is C29H28BrClN4O4. The number of aryl methyl sites for hydroxylation is 1. The minimum Gasteiger partial charge on any atom is -0.493 e. The number of hydrogen-bond acceptors (Lipinski definition) is 6. The van der Waals surface area contributed by atoms with Crippen molar-refractivity contribution in [3.05, 3.63) is 91.4 Å². The Labute approximate surface area is 239 Å². The first-order valence-corrected chi connectivity index (χ1v) is 13.3. The second-order valence-electron chi connectivity index (χ2n) is 9.94. The molecule has 0 aliphatic carbocycles. The summed E-state index contributed by atoms with van der Waals surface area (Å²) in [6.45, 7) is 7.54. The maximum atomic E-state index is 13.5. The third-order valence-corrected chi connectivity index (χ3v) is 6.45. The summed E-state index contributed by atoms with van der Waals surface area (Å²) in [6.07, 6.45) is 1.45. The Morgan fingerprint density at radius 1 is 1.15 bits per heavy atom. The van der Waals surface area contributed by atoms with Crippen LogP contribution in [0, 0.1) is 6.92 Å². The fourth-order valence-electron chi connectivity index (χ4n) is 3.82. The number of benzene rings is 3. The zero-order valence-corrected chi connectivity index (χ0v) is 24.6. The molecule has 0 aliphatic rings. The molecule has 1 aromatic heterocycles. The van der Waals surface area contributed by atoms with Gasteiger partial charge in [0.25, 0.3) is 11.5 Å². The van der Waals surface area contributed by atoms with Gasteiger partial charge in [-0.1, -0.05) is 66.0 Å². The summed E-state index contributed by atoms with van der Waals surface area (Å²) >= 11 is 9.75. The van der Waals surface area contributed by atoms with E-state index in [1.165, 1.54) is 18.0 Å². The summed E-state index contributed by atoms with van der Waals surface area (Å²) in [4.78, 5) is 30.8. The predicted molar refractivity (Wildman–Crippen MR) is 159 cm³/mol. The molecule has 1 amide bonds. The molecule has 0 atom stereocenters. The van der Waals surface area contributed by atoms with Crippen molar-refractivity contribution in [3.63, 3.8) is 0 Å². The Morgan fingerprint density at radius 3 is 2.54 bits per heavy atom. The molecule has 0 bridgehead atoms. The van der Waals surface area contributed by atoms with E-state index in [1.54, 1.807) is 24.3 Å². The minimum atomic E-state index is -0.489. The van der Waals surface area contributed by atoms with Gasteiger partial charge in [0.2, 0.25) is 0 Å². The van der Waals surface area contributed by atoms with Crippen LogP contribution in [0.25, 0.3) is 10.9 Å². The molecule has 0 fully saturated rings. The van der Waals surface area contributed by atoms with Crippen LogP contribution in [0.4, 0.5) is 5.69 Å². The lowest BCUT2D eigenvalue weighted by Gasteiger charge is -2.21. The number of nitrogens with zero attached hydrogens (tertiary/aromatic N) is 3. The van der Waals surface area contributed by atoms with Crippen LogP contribution in [0.5, 0.6) is 11.5 Å². The molecule has 39 heavy (non-hydrogen) atoms. The van der Waals surface area contributed by atoms with Crippen LogP contribution >= 0.6 is 27.5 Å². The smallest absolute Gasteiger partial charge is 0.282 e. The normalized spacial score (nSPS) is 11.7. The van der Waals surface area contributed by atoms with E-state index in [1.807, 2.05) is 58.0 Å². The molecule has 4 rings (SSSR count).